The Morgan fingerprint density at radius 2 is 0.923 bits per heavy atom. The quantitative estimate of drug-likeness (QED) is 0.327. The molecule has 0 N–H and O–H groups in total. The topological polar surface area (TPSA) is 105 Å². The summed E-state index contributed by atoms with van der Waals surface area (Å²) in [6.07, 6.45) is -0.214. The molecule has 0 unspecified atom stereocenters. The summed E-state index contributed by atoms with van der Waals surface area (Å²) in [6, 6.07) is 0. The summed E-state index contributed by atoms with van der Waals surface area (Å²) in [5, 5.41) is 0. The molecule has 1 rings (SSSR count). The first kappa shape index (κ1) is 22.4. The second-order valence-electron chi connectivity index (χ2n) is 5.09. The number of hydrogen-bond donors (Lipinski definition) is 0. The van der Waals surface area contributed by atoms with Gasteiger partial charge in [0, 0.05) is 0 Å². The number of rotatable bonds is 4. The van der Waals surface area contributed by atoms with Gasteiger partial charge < -0.3 is 18.9 Å². The highest BCUT2D eigenvalue weighted by atomic mass is 79.9. The van der Waals surface area contributed by atoms with Crippen LogP contribution in [0.2, 0.25) is 0 Å². The Morgan fingerprint density at radius 3 is 1.15 bits per heavy atom. The van der Waals surface area contributed by atoms with Crippen LogP contribution >= 0.6 is 31.9 Å². The van der Waals surface area contributed by atoms with Crippen molar-refractivity contribution in [3.05, 3.63) is 22.3 Å². The molecule has 0 heterocycles. The molecule has 0 fully saturated rings. The van der Waals surface area contributed by atoms with Crippen molar-refractivity contribution in [3.8, 4) is 0 Å². The fraction of sp³-hybridized carbons (Fsp3) is 0.500. The van der Waals surface area contributed by atoms with Crippen LogP contribution in [0.1, 0.15) is 12.8 Å². The van der Waals surface area contributed by atoms with Gasteiger partial charge in [-0.3, -0.25) is 0 Å². The Hall–Kier alpha value is -1.68. The van der Waals surface area contributed by atoms with E-state index in [-0.39, 0.29) is 35.1 Å². The highest BCUT2D eigenvalue weighted by Crippen LogP contribution is 2.36. The van der Waals surface area contributed by atoms with Gasteiger partial charge in [0.2, 0.25) is 0 Å². The number of carbonyl (C=O) groups is 4. The predicted octanol–water partition coefficient (Wildman–Crippen LogP) is 1.59. The molecule has 0 aromatic rings. The molecule has 10 heteroatoms. The molecule has 0 saturated heterocycles. The zero-order chi connectivity index (χ0) is 20.0. The minimum atomic E-state index is -0.794. The molecule has 0 aromatic heterocycles. The minimum Gasteiger partial charge on any atom is -0.466 e. The predicted molar refractivity (Wildman–Crippen MR) is 96.8 cm³/mol. The molecular formula is C16H18Br2O8. The van der Waals surface area contributed by atoms with E-state index in [9.17, 15) is 19.2 Å². The maximum absolute atomic E-state index is 12.2. The van der Waals surface area contributed by atoms with Crippen LogP contribution in [0, 0.1) is 0 Å². The highest BCUT2D eigenvalue weighted by molar-refractivity contribution is 9.10. The van der Waals surface area contributed by atoms with Crippen molar-refractivity contribution in [2.45, 2.75) is 22.5 Å². The Bertz CT molecular complexity index is 622. The standard InChI is InChI=1S/C16H18Br2O8/c1-23-13(19)7-5-9(17)12(16(22)26-4)8(14(20)24-2)6-10(18)11(7)15(21)25-3/h9-10H,5-6H2,1-4H3/b11-7-,12-8-/t9-,10-/m0/s1. The summed E-state index contributed by atoms with van der Waals surface area (Å²) in [6.45, 7) is 0. The number of methoxy groups -OCH3 is 4. The van der Waals surface area contributed by atoms with Crippen LogP contribution in [0.4, 0.5) is 0 Å². The summed E-state index contributed by atoms with van der Waals surface area (Å²) < 4.78 is 19.0. The van der Waals surface area contributed by atoms with Gasteiger partial charge in [-0.15, -0.1) is 0 Å². The lowest BCUT2D eigenvalue weighted by atomic mass is 9.88. The lowest BCUT2D eigenvalue weighted by Gasteiger charge is -2.25. The van der Waals surface area contributed by atoms with E-state index in [4.69, 9.17) is 18.9 Å². The summed E-state index contributed by atoms with van der Waals surface area (Å²) in [5.41, 5.74) is 0.0603. The zero-order valence-electron chi connectivity index (χ0n) is 14.6. The molecular weight excluding hydrogens is 480 g/mol. The first-order chi connectivity index (χ1) is 12.2. The maximum atomic E-state index is 12.2. The molecule has 0 amide bonds. The first-order valence-corrected chi connectivity index (χ1v) is 9.13. The van der Waals surface area contributed by atoms with Crippen molar-refractivity contribution in [3.63, 3.8) is 0 Å². The van der Waals surface area contributed by atoms with Crippen LogP contribution in [0.3, 0.4) is 0 Å². The minimum absolute atomic E-state index is 0.00844. The number of ether oxygens (including phenoxy) is 4. The van der Waals surface area contributed by atoms with Gasteiger partial charge in [-0.25, -0.2) is 19.2 Å². The van der Waals surface area contributed by atoms with Crippen LogP contribution < -0.4 is 0 Å². The van der Waals surface area contributed by atoms with Crippen LogP contribution in [0.15, 0.2) is 22.3 Å². The van der Waals surface area contributed by atoms with Gasteiger partial charge in [0.25, 0.3) is 0 Å². The number of halogens is 2. The van der Waals surface area contributed by atoms with E-state index < -0.39 is 33.5 Å². The molecule has 0 saturated carbocycles. The van der Waals surface area contributed by atoms with E-state index in [0.29, 0.717) is 0 Å². The molecule has 1 aliphatic rings. The summed E-state index contributed by atoms with van der Waals surface area (Å²) in [7, 11) is 4.69. The third-order valence-electron chi connectivity index (χ3n) is 3.72. The van der Waals surface area contributed by atoms with E-state index in [0.717, 1.165) is 0 Å². The van der Waals surface area contributed by atoms with Crippen molar-refractivity contribution in [1.29, 1.82) is 0 Å². The van der Waals surface area contributed by atoms with E-state index in [1.165, 1.54) is 28.4 Å². The number of esters is 4. The smallest absolute Gasteiger partial charge is 0.335 e. The first-order valence-electron chi connectivity index (χ1n) is 7.30. The van der Waals surface area contributed by atoms with Gasteiger partial charge in [0.05, 0.1) is 60.4 Å². The number of carbonyl (C=O) groups excluding carboxylic acids is 4. The Balaban J connectivity index is 3.65. The second-order valence-corrected chi connectivity index (χ2v) is 7.30. The third kappa shape index (κ3) is 4.73. The van der Waals surface area contributed by atoms with Crippen LogP contribution in [0.25, 0.3) is 0 Å². The highest BCUT2D eigenvalue weighted by Gasteiger charge is 2.38. The second kappa shape index (κ2) is 9.86. The average Bonchev–Trinajstić information content (AvgIpc) is 2.63. The Morgan fingerprint density at radius 1 is 0.654 bits per heavy atom. The molecule has 8 nitrogen and oxygen atoms in total. The molecule has 2 atom stereocenters. The van der Waals surface area contributed by atoms with Crippen molar-refractivity contribution < 1.29 is 38.1 Å². The average molecular weight is 498 g/mol. The van der Waals surface area contributed by atoms with Gasteiger partial charge in [-0.05, 0) is 12.8 Å². The zero-order valence-corrected chi connectivity index (χ0v) is 17.8. The van der Waals surface area contributed by atoms with Crippen LogP contribution in [-0.4, -0.2) is 62.0 Å². The Labute approximate surface area is 167 Å². The number of alkyl halides is 2. The summed E-state index contributed by atoms with van der Waals surface area (Å²) in [5.74, 6) is -2.99. The lowest BCUT2D eigenvalue weighted by molar-refractivity contribution is -0.140. The molecule has 0 aromatic carbocycles. The van der Waals surface area contributed by atoms with Gasteiger partial charge >= 0.3 is 23.9 Å². The maximum Gasteiger partial charge on any atom is 0.335 e. The lowest BCUT2D eigenvalue weighted by Crippen LogP contribution is -2.30. The molecule has 0 bridgehead atoms. The van der Waals surface area contributed by atoms with Crippen molar-refractivity contribution >= 4 is 55.7 Å². The van der Waals surface area contributed by atoms with E-state index in [1.54, 1.807) is 0 Å². The third-order valence-corrected chi connectivity index (χ3v) is 5.28. The van der Waals surface area contributed by atoms with Crippen molar-refractivity contribution in [2.75, 3.05) is 28.4 Å². The van der Waals surface area contributed by atoms with Gasteiger partial charge in [-0.1, -0.05) is 31.9 Å². The molecule has 144 valence electrons. The van der Waals surface area contributed by atoms with Crippen molar-refractivity contribution in [2.24, 2.45) is 0 Å². The fourth-order valence-corrected chi connectivity index (χ4v) is 4.09. The molecule has 0 aliphatic heterocycles. The fourth-order valence-electron chi connectivity index (χ4n) is 2.52. The van der Waals surface area contributed by atoms with Gasteiger partial charge in [0.15, 0.2) is 0 Å². The molecule has 0 spiro atoms. The molecule has 1 aliphatic carbocycles. The number of hydrogen-bond acceptors (Lipinski definition) is 8. The SMILES string of the molecule is COC(=O)/C1=C(\C(=O)OC)[C@@H](Br)C/C(C(=O)OC)=C(/C(=O)OC)[C@@H](Br)C1. The van der Waals surface area contributed by atoms with E-state index >= 15 is 0 Å². The van der Waals surface area contributed by atoms with Crippen LogP contribution in [0.5, 0.6) is 0 Å². The largest absolute Gasteiger partial charge is 0.466 e. The van der Waals surface area contributed by atoms with E-state index in [1.807, 2.05) is 0 Å². The monoisotopic (exact) mass is 496 g/mol. The van der Waals surface area contributed by atoms with Crippen molar-refractivity contribution in [1.82, 2.24) is 0 Å². The van der Waals surface area contributed by atoms with Gasteiger partial charge in [0.1, 0.15) is 0 Å². The normalized spacial score (nSPS) is 26.2. The summed E-state index contributed by atoms with van der Waals surface area (Å²) >= 11 is 6.60. The van der Waals surface area contributed by atoms with Crippen LogP contribution in [-0.2, 0) is 38.1 Å². The summed E-state index contributed by atoms with van der Waals surface area (Å²) in [4.78, 5) is 47.3. The molecule has 26 heavy (non-hydrogen) atoms. The Kier molecular flexibility index (Phi) is 8.48. The van der Waals surface area contributed by atoms with E-state index in [2.05, 4.69) is 31.9 Å². The van der Waals surface area contributed by atoms with Gasteiger partial charge in [-0.2, -0.15) is 0 Å². The molecule has 0 radical (unpaired) electrons.